The summed E-state index contributed by atoms with van der Waals surface area (Å²) in [4.78, 5) is 10.8. The second-order valence-electron chi connectivity index (χ2n) is 4.71. The van der Waals surface area contributed by atoms with Crippen molar-refractivity contribution in [2.45, 2.75) is 6.18 Å². The summed E-state index contributed by atoms with van der Waals surface area (Å²) in [6.45, 7) is 0. The van der Waals surface area contributed by atoms with Gasteiger partial charge in [0.05, 0.1) is 25.0 Å². The first-order valence-electron chi connectivity index (χ1n) is 6.43. The Kier molecular flexibility index (Phi) is 4.18. The molecule has 0 aliphatic carbocycles. The van der Waals surface area contributed by atoms with Crippen LogP contribution in [0.25, 0.3) is 16.3 Å². The minimum Gasteiger partial charge on any atom is -0.258 e. The Morgan fingerprint density at radius 1 is 1.21 bits per heavy atom. The van der Waals surface area contributed by atoms with Crippen LogP contribution in [0, 0.1) is 10.1 Å². The van der Waals surface area contributed by atoms with Crippen molar-refractivity contribution in [2.75, 3.05) is 0 Å². The van der Waals surface area contributed by atoms with Crippen LogP contribution in [0.5, 0.6) is 0 Å². The highest BCUT2D eigenvalue weighted by Crippen LogP contribution is 2.37. The first-order chi connectivity index (χ1) is 11.3. The largest absolute Gasteiger partial charge is 0.435 e. The molecule has 124 valence electrons. The Labute approximate surface area is 145 Å². The van der Waals surface area contributed by atoms with E-state index < -0.39 is 16.8 Å². The van der Waals surface area contributed by atoms with E-state index in [2.05, 4.69) is 21.0 Å². The molecule has 10 heteroatoms. The van der Waals surface area contributed by atoms with Crippen molar-refractivity contribution in [3.8, 4) is 16.3 Å². The van der Waals surface area contributed by atoms with Crippen LogP contribution >= 0.6 is 27.3 Å². The number of halogens is 4. The Hall–Kier alpha value is -2.20. The number of alkyl halides is 3. The van der Waals surface area contributed by atoms with Crippen LogP contribution in [0.2, 0.25) is 0 Å². The maximum atomic E-state index is 13.0. The third-order valence-corrected chi connectivity index (χ3v) is 4.76. The van der Waals surface area contributed by atoms with Crippen LogP contribution in [-0.4, -0.2) is 14.7 Å². The zero-order valence-corrected chi connectivity index (χ0v) is 14.0. The number of hydrogen-bond donors (Lipinski definition) is 0. The molecule has 2 heterocycles. The molecule has 0 N–H and O–H groups in total. The fourth-order valence-corrected chi connectivity index (χ4v) is 3.47. The smallest absolute Gasteiger partial charge is 0.258 e. The van der Waals surface area contributed by atoms with Gasteiger partial charge in [-0.3, -0.25) is 10.1 Å². The van der Waals surface area contributed by atoms with Crippen molar-refractivity contribution in [2.24, 2.45) is 0 Å². The highest BCUT2D eigenvalue weighted by Gasteiger charge is 2.35. The summed E-state index contributed by atoms with van der Waals surface area (Å²) in [5.74, 6) is 0. The zero-order chi connectivity index (χ0) is 17.5. The standard InChI is InChI=1S/C14H7BrF3N3O2S/c15-13-5-4-11(24-13)10-7-12(14(16,17)18)19-20(10)8-2-1-3-9(6-8)21(22)23/h1-7H. The molecule has 1 aromatic carbocycles. The molecular formula is C14H7BrF3N3O2S. The van der Waals surface area contributed by atoms with E-state index in [0.29, 0.717) is 4.88 Å². The third kappa shape index (κ3) is 3.20. The summed E-state index contributed by atoms with van der Waals surface area (Å²) >= 11 is 4.50. The number of benzene rings is 1. The summed E-state index contributed by atoms with van der Waals surface area (Å²) < 4.78 is 40.9. The lowest BCUT2D eigenvalue weighted by Crippen LogP contribution is -2.07. The van der Waals surface area contributed by atoms with Crippen molar-refractivity contribution in [3.05, 3.63) is 62.1 Å². The van der Waals surface area contributed by atoms with E-state index in [9.17, 15) is 23.3 Å². The lowest BCUT2D eigenvalue weighted by Gasteiger charge is -2.06. The molecule has 0 amide bonds. The SMILES string of the molecule is O=[N+]([O-])c1cccc(-n2nc(C(F)(F)F)cc2-c2ccc(Br)s2)c1. The summed E-state index contributed by atoms with van der Waals surface area (Å²) in [7, 11) is 0. The summed E-state index contributed by atoms with van der Waals surface area (Å²) in [6, 6.07) is 9.59. The Bertz CT molecular complexity index is 920. The van der Waals surface area contributed by atoms with Gasteiger partial charge in [0.2, 0.25) is 0 Å². The second-order valence-corrected chi connectivity index (χ2v) is 7.17. The van der Waals surface area contributed by atoms with Crippen molar-refractivity contribution < 1.29 is 18.1 Å². The van der Waals surface area contributed by atoms with Crippen LogP contribution in [0.3, 0.4) is 0 Å². The van der Waals surface area contributed by atoms with Crippen molar-refractivity contribution >= 4 is 33.0 Å². The average molecular weight is 418 g/mol. The highest BCUT2D eigenvalue weighted by atomic mass is 79.9. The van der Waals surface area contributed by atoms with E-state index in [0.717, 1.165) is 14.5 Å². The second kappa shape index (κ2) is 6.02. The molecule has 0 bridgehead atoms. The maximum absolute atomic E-state index is 13.0. The molecule has 0 spiro atoms. The molecule has 0 aliphatic heterocycles. The topological polar surface area (TPSA) is 61.0 Å². The molecule has 0 fully saturated rings. The molecule has 2 aromatic heterocycles. The van der Waals surface area contributed by atoms with Gasteiger partial charge in [0.25, 0.3) is 5.69 Å². The Morgan fingerprint density at radius 3 is 2.54 bits per heavy atom. The summed E-state index contributed by atoms with van der Waals surface area (Å²) in [6.07, 6.45) is -4.62. The van der Waals surface area contributed by atoms with E-state index in [1.807, 2.05) is 0 Å². The molecule has 0 unspecified atom stereocenters. The van der Waals surface area contributed by atoms with Gasteiger partial charge in [0.15, 0.2) is 5.69 Å². The fraction of sp³-hybridized carbons (Fsp3) is 0.0714. The first kappa shape index (κ1) is 16.7. The quantitative estimate of drug-likeness (QED) is 0.429. The van der Waals surface area contributed by atoms with Crippen LogP contribution in [-0.2, 0) is 6.18 Å². The number of nitro groups is 1. The van der Waals surface area contributed by atoms with E-state index in [1.165, 1.54) is 35.6 Å². The summed E-state index contributed by atoms with van der Waals surface area (Å²) in [5, 5.41) is 14.5. The number of nitrogens with zero attached hydrogens (tertiary/aromatic N) is 3. The maximum Gasteiger partial charge on any atom is 0.435 e. The van der Waals surface area contributed by atoms with Gasteiger partial charge in [-0.05, 0) is 40.2 Å². The summed E-state index contributed by atoms with van der Waals surface area (Å²) in [5.41, 5.74) is -0.902. The van der Waals surface area contributed by atoms with Gasteiger partial charge < -0.3 is 0 Å². The van der Waals surface area contributed by atoms with E-state index in [-0.39, 0.29) is 17.1 Å². The van der Waals surface area contributed by atoms with Gasteiger partial charge in [0, 0.05) is 12.1 Å². The minimum absolute atomic E-state index is 0.180. The number of aromatic nitrogens is 2. The minimum atomic E-state index is -4.62. The van der Waals surface area contributed by atoms with E-state index in [4.69, 9.17) is 0 Å². The van der Waals surface area contributed by atoms with E-state index >= 15 is 0 Å². The lowest BCUT2D eigenvalue weighted by molar-refractivity contribution is -0.384. The lowest BCUT2D eigenvalue weighted by atomic mass is 10.2. The van der Waals surface area contributed by atoms with Crippen LogP contribution in [0.1, 0.15) is 5.69 Å². The number of thiophene rings is 1. The number of non-ortho nitro benzene ring substituents is 1. The predicted octanol–water partition coefficient (Wildman–Crippen LogP) is 5.29. The molecule has 0 saturated heterocycles. The molecule has 0 atom stereocenters. The monoisotopic (exact) mass is 417 g/mol. The van der Waals surface area contributed by atoms with Gasteiger partial charge in [-0.15, -0.1) is 11.3 Å². The average Bonchev–Trinajstić information content (AvgIpc) is 3.13. The van der Waals surface area contributed by atoms with Gasteiger partial charge in [-0.2, -0.15) is 18.3 Å². The normalized spacial score (nSPS) is 11.7. The number of nitro benzene ring substituents is 1. The molecule has 5 nitrogen and oxygen atoms in total. The Balaban J connectivity index is 2.21. The first-order valence-corrected chi connectivity index (χ1v) is 8.04. The molecule has 0 aliphatic rings. The van der Waals surface area contributed by atoms with Crippen LogP contribution in [0.4, 0.5) is 18.9 Å². The fourth-order valence-electron chi connectivity index (χ4n) is 2.08. The van der Waals surface area contributed by atoms with Crippen molar-refractivity contribution in [3.63, 3.8) is 0 Å². The van der Waals surface area contributed by atoms with Gasteiger partial charge in [-0.25, -0.2) is 4.68 Å². The molecule has 3 rings (SSSR count). The van der Waals surface area contributed by atoms with Crippen molar-refractivity contribution in [1.82, 2.24) is 9.78 Å². The molecular weight excluding hydrogens is 411 g/mol. The Morgan fingerprint density at radius 2 is 1.96 bits per heavy atom. The highest BCUT2D eigenvalue weighted by molar-refractivity contribution is 9.11. The number of hydrogen-bond acceptors (Lipinski definition) is 4. The van der Waals surface area contributed by atoms with E-state index in [1.54, 1.807) is 12.1 Å². The number of rotatable bonds is 3. The van der Waals surface area contributed by atoms with Crippen LogP contribution < -0.4 is 0 Å². The molecule has 0 saturated carbocycles. The predicted molar refractivity (Wildman–Crippen MR) is 86.2 cm³/mol. The van der Waals surface area contributed by atoms with Gasteiger partial charge in [0.1, 0.15) is 0 Å². The molecule has 3 aromatic rings. The molecule has 0 radical (unpaired) electrons. The van der Waals surface area contributed by atoms with Crippen LogP contribution in [0.15, 0.2) is 46.3 Å². The van der Waals surface area contributed by atoms with Gasteiger partial charge in [-0.1, -0.05) is 6.07 Å². The zero-order valence-electron chi connectivity index (χ0n) is 11.6. The van der Waals surface area contributed by atoms with Crippen molar-refractivity contribution in [1.29, 1.82) is 0 Å². The molecule has 24 heavy (non-hydrogen) atoms. The third-order valence-electron chi connectivity index (χ3n) is 3.11. The van der Waals surface area contributed by atoms with Gasteiger partial charge >= 0.3 is 6.18 Å².